The van der Waals surface area contributed by atoms with Gasteiger partial charge in [-0.2, -0.15) is 0 Å². The minimum atomic E-state index is 0. The predicted octanol–water partition coefficient (Wildman–Crippen LogP) is 4.82. The molecular weight excluding hydrogens is 419 g/mol. The molecule has 6 heteroatoms. The number of anilines is 1. The third kappa shape index (κ3) is 5.76. The second kappa shape index (κ2) is 9.22. The Bertz CT molecular complexity index is 630. The van der Waals surface area contributed by atoms with E-state index >= 15 is 0 Å². The lowest BCUT2D eigenvalue weighted by molar-refractivity contribution is 0.734. The zero-order valence-electron chi connectivity index (χ0n) is 14.1. The van der Waals surface area contributed by atoms with Gasteiger partial charge in [-0.15, -0.1) is 35.3 Å². The highest BCUT2D eigenvalue weighted by Crippen LogP contribution is 2.20. The maximum atomic E-state index is 5.94. The van der Waals surface area contributed by atoms with E-state index in [1.165, 1.54) is 10.4 Å². The van der Waals surface area contributed by atoms with Gasteiger partial charge in [-0.05, 0) is 43.9 Å². The Hall–Kier alpha value is -1.15. The zero-order chi connectivity index (χ0) is 16.1. The second-order valence-electron chi connectivity index (χ2n) is 5.51. The lowest BCUT2D eigenvalue weighted by Gasteiger charge is -2.10. The Morgan fingerprint density at radius 1 is 1.30 bits per heavy atom. The van der Waals surface area contributed by atoms with Crippen molar-refractivity contribution in [1.82, 2.24) is 4.98 Å². The summed E-state index contributed by atoms with van der Waals surface area (Å²) in [4.78, 5) is 10.0. The molecule has 1 heterocycles. The fourth-order valence-electron chi connectivity index (χ4n) is 2.08. The van der Waals surface area contributed by atoms with Gasteiger partial charge in [-0.1, -0.05) is 26.0 Å². The first-order chi connectivity index (χ1) is 10.5. The molecule has 0 aliphatic carbocycles. The fraction of sp³-hybridized carbons (Fsp3) is 0.412. The molecule has 0 radical (unpaired) electrons. The molecule has 0 aliphatic heterocycles. The first-order valence-electron chi connectivity index (χ1n) is 7.59. The maximum Gasteiger partial charge on any atom is 0.193 e. The van der Waals surface area contributed by atoms with Crippen molar-refractivity contribution in [3.63, 3.8) is 0 Å². The van der Waals surface area contributed by atoms with Crippen molar-refractivity contribution in [3.05, 3.63) is 45.4 Å². The van der Waals surface area contributed by atoms with E-state index in [0.29, 0.717) is 18.4 Å². The topological polar surface area (TPSA) is 63.3 Å². The lowest BCUT2D eigenvalue weighted by Crippen LogP contribution is -2.22. The summed E-state index contributed by atoms with van der Waals surface area (Å²) in [5.41, 5.74) is 9.31. The van der Waals surface area contributed by atoms with Crippen molar-refractivity contribution >= 4 is 47.0 Å². The highest BCUT2D eigenvalue weighted by atomic mass is 127. The van der Waals surface area contributed by atoms with Crippen LogP contribution in [0.3, 0.4) is 0 Å². The largest absolute Gasteiger partial charge is 0.370 e. The molecule has 1 unspecified atom stereocenters. The van der Waals surface area contributed by atoms with Crippen LogP contribution in [0, 0.1) is 13.8 Å². The molecule has 0 spiro atoms. The number of thiazole rings is 1. The number of halogens is 1. The number of hydrogen-bond donors (Lipinski definition) is 2. The third-order valence-corrected chi connectivity index (χ3v) is 4.88. The molecule has 2 rings (SSSR count). The summed E-state index contributed by atoms with van der Waals surface area (Å²) >= 11 is 1.67. The van der Waals surface area contributed by atoms with Crippen molar-refractivity contribution in [1.29, 1.82) is 0 Å². The van der Waals surface area contributed by atoms with Crippen LogP contribution in [0.2, 0.25) is 0 Å². The van der Waals surface area contributed by atoms with E-state index in [0.717, 1.165) is 22.8 Å². The van der Waals surface area contributed by atoms with Gasteiger partial charge in [-0.3, -0.25) is 0 Å². The van der Waals surface area contributed by atoms with E-state index in [1.54, 1.807) is 11.3 Å². The van der Waals surface area contributed by atoms with Crippen LogP contribution in [0.5, 0.6) is 0 Å². The van der Waals surface area contributed by atoms with Gasteiger partial charge in [0.1, 0.15) is 5.01 Å². The number of aliphatic imine (C=N–C) groups is 1. The normalized spacial score (nSPS) is 12.6. The second-order valence-corrected chi connectivity index (χ2v) is 6.79. The molecule has 1 aromatic carbocycles. The van der Waals surface area contributed by atoms with Crippen LogP contribution < -0.4 is 11.1 Å². The van der Waals surface area contributed by atoms with Gasteiger partial charge in [0.05, 0.1) is 12.2 Å². The molecule has 1 atom stereocenters. The number of aromatic nitrogens is 1. The third-order valence-electron chi connectivity index (χ3n) is 3.82. The van der Waals surface area contributed by atoms with E-state index in [2.05, 4.69) is 48.2 Å². The van der Waals surface area contributed by atoms with Crippen LogP contribution >= 0.6 is 35.3 Å². The molecule has 4 nitrogen and oxygen atoms in total. The summed E-state index contributed by atoms with van der Waals surface area (Å²) in [6, 6.07) is 8.36. The number of nitrogens with zero attached hydrogens (tertiary/aromatic N) is 2. The van der Waals surface area contributed by atoms with Crippen LogP contribution in [-0.4, -0.2) is 10.9 Å². The average molecular weight is 444 g/mol. The average Bonchev–Trinajstić information content (AvgIpc) is 2.84. The van der Waals surface area contributed by atoms with E-state index in [1.807, 2.05) is 19.1 Å². The molecule has 23 heavy (non-hydrogen) atoms. The van der Waals surface area contributed by atoms with Crippen LogP contribution in [0.15, 0.2) is 29.3 Å². The Balaban J connectivity index is 0.00000264. The molecule has 0 amide bonds. The fourth-order valence-corrected chi connectivity index (χ4v) is 2.94. The predicted molar refractivity (Wildman–Crippen MR) is 111 cm³/mol. The van der Waals surface area contributed by atoms with Crippen molar-refractivity contribution in [2.24, 2.45) is 10.7 Å². The molecule has 2 aromatic rings. The van der Waals surface area contributed by atoms with Crippen LogP contribution in [0.1, 0.15) is 47.3 Å². The Labute approximate surface area is 159 Å². The number of nitrogens with one attached hydrogen (secondary N) is 1. The minimum Gasteiger partial charge on any atom is -0.370 e. The molecule has 0 saturated heterocycles. The van der Waals surface area contributed by atoms with Crippen molar-refractivity contribution in [2.45, 2.75) is 46.6 Å². The summed E-state index contributed by atoms with van der Waals surface area (Å²) in [5.74, 6) is 0.998. The molecule has 0 aliphatic rings. The minimum absolute atomic E-state index is 0. The van der Waals surface area contributed by atoms with Crippen molar-refractivity contribution in [2.75, 3.05) is 5.32 Å². The summed E-state index contributed by atoms with van der Waals surface area (Å²) in [6.45, 7) is 9.03. The molecule has 126 valence electrons. The number of benzene rings is 1. The lowest BCUT2D eigenvalue weighted by atomic mass is 9.99. The maximum absolute atomic E-state index is 5.94. The zero-order valence-corrected chi connectivity index (χ0v) is 17.2. The van der Waals surface area contributed by atoms with Crippen molar-refractivity contribution < 1.29 is 0 Å². The SMILES string of the molecule is CCC(C)c1ccc(NC(N)=NCc2nc(C)c(C)s2)cc1.I. The van der Waals surface area contributed by atoms with Gasteiger partial charge in [0, 0.05) is 10.6 Å². The van der Waals surface area contributed by atoms with E-state index in [4.69, 9.17) is 5.73 Å². The summed E-state index contributed by atoms with van der Waals surface area (Å²) in [6.07, 6.45) is 1.14. The first-order valence-corrected chi connectivity index (χ1v) is 8.41. The summed E-state index contributed by atoms with van der Waals surface area (Å²) in [7, 11) is 0. The Morgan fingerprint density at radius 2 is 1.96 bits per heavy atom. The van der Waals surface area contributed by atoms with Gasteiger partial charge in [0.15, 0.2) is 5.96 Å². The highest BCUT2D eigenvalue weighted by Gasteiger charge is 2.04. The van der Waals surface area contributed by atoms with Gasteiger partial charge >= 0.3 is 0 Å². The smallest absolute Gasteiger partial charge is 0.193 e. The molecule has 1 aromatic heterocycles. The van der Waals surface area contributed by atoms with Crippen molar-refractivity contribution in [3.8, 4) is 0 Å². The molecular formula is C17H25IN4S. The number of hydrogen-bond acceptors (Lipinski definition) is 3. The van der Waals surface area contributed by atoms with E-state index in [-0.39, 0.29) is 24.0 Å². The van der Waals surface area contributed by atoms with Gasteiger partial charge in [0.2, 0.25) is 0 Å². The van der Waals surface area contributed by atoms with E-state index < -0.39 is 0 Å². The van der Waals surface area contributed by atoms with Gasteiger partial charge < -0.3 is 11.1 Å². The monoisotopic (exact) mass is 444 g/mol. The number of aryl methyl sites for hydroxylation is 2. The molecule has 0 fully saturated rings. The quantitative estimate of drug-likeness (QED) is 0.395. The summed E-state index contributed by atoms with van der Waals surface area (Å²) in [5, 5.41) is 4.11. The van der Waals surface area contributed by atoms with Crippen LogP contribution in [0.25, 0.3) is 0 Å². The standard InChI is InChI=1S/C17H24N4S.HI/c1-5-11(2)14-6-8-15(9-7-14)21-17(18)19-10-16-20-12(3)13(4)22-16;/h6-9,11H,5,10H2,1-4H3,(H3,18,19,21);1H. The Kier molecular flexibility index (Phi) is 7.98. The number of guanidine groups is 1. The van der Waals surface area contributed by atoms with Gasteiger partial charge in [0.25, 0.3) is 0 Å². The highest BCUT2D eigenvalue weighted by molar-refractivity contribution is 14.0. The van der Waals surface area contributed by atoms with Crippen LogP contribution in [-0.2, 0) is 6.54 Å². The number of nitrogens with two attached hydrogens (primary N) is 1. The van der Waals surface area contributed by atoms with E-state index in [9.17, 15) is 0 Å². The first kappa shape index (κ1) is 19.9. The number of rotatable bonds is 5. The Morgan fingerprint density at radius 3 is 2.48 bits per heavy atom. The molecule has 0 saturated carbocycles. The summed E-state index contributed by atoms with van der Waals surface area (Å²) < 4.78 is 0. The molecule has 0 bridgehead atoms. The molecule has 3 N–H and O–H groups in total. The van der Waals surface area contributed by atoms with Gasteiger partial charge in [-0.25, -0.2) is 9.98 Å². The van der Waals surface area contributed by atoms with Crippen LogP contribution in [0.4, 0.5) is 5.69 Å².